The Morgan fingerprint density at radius 3 is 2.68 bits per heavy atom. The van der Waals surface area contributed by atoms with Crippen LogP contribution in [0, 0.1) is 5.92 Å². The molecular weight excluding hydrogens is 260 g/mol. The molecule has 0 aromatic heterocycles. The van der Waals surface area contributed by atoms with Crippen molar-refractivity contribution in [1.29, 1.82) is 0 Å². The van der Waals surface area contributed by atoms with E-state index in [1.165, 1.54) is 12.8 Å². The van der Waals surface area contributed by atoms with Gasteiger partial charge in [0, 0.05) is 30.3 Å². The van der Waals surface area contributed by atoms with E-state index >= 15 is 0 Å². The van der Waals surface area contributed by atoms with E-state index in [9.17, 15) is 4.79 Å². The fourth-order valence-electron chi connectivity index (χ4n) is 2.17. The number of carbonyl (C=O) groups excluding carboxylic acids is 1. The Bertz CT molecular complexity index is 469. The van der Waals surface area contributed by atoms with Crippen molar-refractivity contribution in [1.82, 2.24) is 4.90 Å². The van der Waals surface area contributed by atoms with Gasteiger partial charge in [-0.2, -0.15) is 0 Å². The molecule has 0 aliphatic heterocycles. The normalized spacial score (nSPS) is 14.6. The molecule has 2 rings (SSSR count). The van der Waals surface area contributed by atoms with E-state index in [0.29, 0.717) is 16.5 Å². The predicted octanol–water partition coefficient (Wildman–Crippen LogP) is 3.64. The van der Waals surface area contributed by atoms with Crippen molar-refractivity contribution < 1.29 is 4.79 Å². The van der Waals surface area contributed by atoms with E-state index in [2.05, 4.69) is 19.2 Å². The molecule has 3 nitrogen and oxygen atoms in total. The van der Waals surface area contributed by atoms with E-state index in [4.69, 9.17) is 11.6 Å². The van der Waals surface area contributed by atoms with Crippen molar-refractivity contribution in [2.75, 3.05) is 18.9 Å². The third kappa shape index (κ3) is 3.41. The number of amides is 1. The van der Waals surface area contributed by atoms with Crippen LogP contribution in [-0.4, -0.2) is 30.4 Å². The van der Waals surface area contributed by atoms with Gasteiger partial charge in [0.25, 0.3) is 5.91 Å². The average Bonchev–Trinajstić information content (AvgIpc) is 3.18. The topological polar surface area (TPSA) is 32.3 Å². The number of nitrogens with one attached hydrogen (secondary N) is 1. The summed E-state index contributed by atoms with van der Waals surface area (Å²) in [5, 5.41) is 3.66. The number of benzene rings is 1. The first-order valence-corrected chi connectivity index (χ1v) is 7.19. The van der Waals surface area contributed by atoms with E-state index < -0.39 is 0 Å². The maximum Gasteiger partial charge on any atom is 0.256 e. The van der Waals surface area contributed by atoms with Crippen molar-refractivity contribution in [2.24, 2.45) is 5.92 Å². The van der Waals surface area contributed by atoms with Gasteiger partial charge < -0.3 is 10.2 Å². The highest BCUT2D eigenvalue weighted by Crippen LogP contribution is 2.31. The van der Waals surface area contributed by atoms with E-state index in [1.807, 2.05) is 18.0 Å². The second-order valence-corrected chi connectivity index (χ2v) is 5.87. The zero-order valence-electron chi connectivity index (χ0n) is 11.7. The van der Waals surface area contributed by atoms with Crippen LogP contribution < -0.4 is 5.32 Å². The van der Waals surface area contributed by atoms with Gasteiger partial charge in [-0.15, -0.1) is 0 Å². The molecule has 1 saturated carbocycles. The lowest BCUT2D eigenvalue weighted by atomic mass is 10.1. The molecule has 0 bridgehead atoms. The van der Waals surface area contributed by atoms with Crippen molar-refractivity contribution in [3.05, 3.63) is 28.8 Å². The molecule has 1 aromatic carbocycles. The average molecular weight is 281 g/mol. The van der Waals surface area contributed by atoms with Crippen LogP contribution in [0.2, 0.25) is 5.02 Å². The number of halogens is 1. The van der Waals surface area contributed by atoms with Gasteiger partial charge >= 0.3 is 0 Å². The molecule has 0 heterocycles. The smallest absolute Gasteiger partial charge is 0.256 e. The molecule has 1 aliphatic rings. The zero-order chi connectivity index (χ0) is 14.0. The molecule has 0 radical (unpaired) electrons. The molecule has 1 aliphatic carbocycles. The molecule has 0 saturated heterocycles. The maximum atomic E-state index is 12.7. The minimum absolute atomic E-state index is 0.0637. The third-order valence-corrected chi connectivity index (χ3v) is 3.75. The molecule has 1 aromatic rings. The Morgan fingerprint density at radius 1 is 1.47 bits per heavy atom. The first kappa shape index (κ1) is 14.2. The maximum absolute atomic E-state index is 12.7. The third-order valence-electron chi connectivity index (χ3n) is 3.52. The SMILES string of the molecule is CNc1ccc(Cl)cc1C(=O)N(CC1CC1)C(C)C. The molecule has 104 valence electrons. The van der Waals surface area contributed by atoms with E-state index in [0.717, 1.165) is 12.2 Å². The van der Waals surface area contributed by atoms with Crippen LogP contribution in [-0.2, 0) is 0 Å². The van der Waals surface area contributed by atoms with Crippen LogP contribution in [0.1, 0.15) is 37.0 Å². The van der Waals surface area contributed by atoms with Gasteiger partial charge in [0.05, 0.1) is 5.56 Å². The lowest BCUT2D eigenvalue weighted by Crippen LogP contribution is -2.38. The number of hydrogen-bond donors (Lipinski definition) is 1. The summed E-state index contributed by atoms with van der Waals surface area (Å²) in [6, 6.07) is 5.60. The fourth-order valence-corrected chi connectivity index (χ4v) is 2.35. The van der Waals surface area contributed by atoms with Crippen LogP contribution in [0.3, 0.4) is 0 Å². The Hall–Kier alpha value is -1.22. The number of rotatable bonds is 5. The molecule has 1 fully saturated rings. The van der Waals surface area contributed by atoms with Crippen LogP contribution >= 0.6 is 11.6 Å². The van der Waals surface area contributed by atoms with E-state index in [-0.39, 0.29) is 11.9 Å². The summed E-state index contributed by atoms with van der Waals surface area (Å²) in [5.74, 6) is 0.748. The van der Waals surface area contributed by atoms with Crippen LogP contribution in [0.15, 0.2) is 18.2 Å². The predicted molar refractivity (Wildman–Crippen MR) is 79.9 cm³/mol. The monoisotopic (exact) mass is 280 g/mol. The molecule has 19 heavy (non-hydrogen) atoms. The highest BCUT2D eigenvalue weighted by atomic mass is 35.5. The Kier molecular flexibility index (Phi) is 4.35. The summed E-state index contributed by atoms with van der Waals surface area (Å²) in [5.41, 5.74) is 1.49. The summed E-state index contributed by atoms with van der Waals surface area (Å²) in [6.07, 6.45) is 2.48. The number of carbonyl (C=O) groups is 1. The van der Waals surface area contributed by atoms with Crippen molar-refractivity contribution >= 4 is 23.2 Å². The Labute approximate surface area is 119 Å². The van der Waals surface area contributed by atoms with Crippen molar-refractivity contribution in [3.63, 3.8) is 0 Å². The van der Waals surface area contributed by atoms with Gasteiger partial charge in [0.15, 0.2) is 0 Å². The summed E-state index contributed by atoms with van der Waals surface area (Å²) < 4.78 is 0. The van der Waals surface area contributed by atoms with Crippen molar-refractivity contribution in [3.8, 4) is 0 Å². The minimum Gasteiger partial charge on any atom is -0.387 e. The second kappa shape index (κ2) is 5.83. The second-order valence-electron chi connectivity index (χ2n) is 5.43. The summed E-state index contributed by atoms with van der Waals surface area (Å²) in [4.78, 5) is 14.7. The van der Waals surface area contributed by atoms with Crippen molar-refractivity contribution in [2.45, 2.75) is 32.7 Å². The molecule has 0 atom stereocenters. The Morgan fingerprint density at radius 2 is 2.16 bits per heavy atom. The molecule has 1 amide bonds. The van der Waals surface area contributed by atoms with Gasteiger partial charge in [-0.05, 0) is 50.8 Å². The standard InChI is InChI=1S/C15H21ClN2O/c1-10(2)18(9-11-4-5-11)15(19)13-8-12(16)6-7-14(13)17-3/h6-8,10-11,17H,4-5,9H2,1-3H3. The summed E-state index contributed by atoms with van der Waals surface area (Å²) >= 11 is 6.02. The molecular formula is C15H21ClN2O. The van der Waals surface area contributed by atoms with Gasteiger partial charge in [0.2, 0.25) is 0 Å². The lowest BCUT2D eigenvalue weighted by Gasteiger charge is -2.27. The highest BCUT2D eigenvalue weighted by molar-refractivity contribution is 6.31. The number of anilines is 1. The molecule has 0 spiro atoms. The highest BCUT2D eigenvalue weighted by Gasteiger charge is 2.29. The quantitative estimate of drug-likeness (QED) is 0.893. The lowest BCUT2D eigenvalue weighted by molar-refractivity contribution is 0.0697. The Balaban J connectivity index is 2.26. The first-order chi connectivity index (χ1) is 9.02. The molecule has 4 heteroatoms. The van der Waals surface area contributed by atoms with Crippen LogP contribution in [0.25, 0.3) is 0 Å². The number of nitrogens with zero attached hydrogens (tertiary/aromatic N) is 1. The first-order valence-electron chi connectivity index (χ1n) is 6.81. The molecule has 0 unspecified atom stereocenters. The summed E-state index contributed by atoms with van der Waals surface area (Å²) in [7, 11) is 1.82. The number of hydrogen-bond acceptors (Lipinski definition) is 2. The summed E-state index contributed by atoms with van der Waals surface area (Å²) in [6.45, 7) is 4.97. The van der Waals surface area contributed by atoms with Gasteiger partial charge in [-0.1, -0.05) is 11.6 Å². The fraction of sp³-hybridized carbons (Fsp3) is 0.533. The zero-order valence-corrected chi connectivity index (χ0v) is 12.5. The largest absolute Gasteiger partial charge is 0.387 e. The van der Waals surface area contributed by atoms with E-state index in [1.54, 1.807) is 12.1 Å². The van der Waals surface area contributed by atoms with Gasteiger partial charge in [-0.25, -0.2) is 0 Å². The van der Waals surface area contributed by atoms with Gasteiger partial charge in [0.1, 0.15) is 0 Å². The van der Waals surface area contributed by atoms with Crippen LogP contribution in [0.5, 0.6) is 0 Å². The van der Waals surface area contributed by atoms with Crippen LogP contribution in [0.4, 0.5) is 5.69 Å². The minimum atomic E-state index is 0.0637. The van der Waals surface area contributed by atoms with Gasteiger partial charge in [-0.3, -0.25) is 4.79 Å². The molecule has 1 N–H and O–H groups in total.